The van der Waals surface area contributed by atoms with Gasteiger partial charge < -0.3 is 11.1 Å². The highest BCUT2D eigenvalue weighted by atomic mass is 19.1. The van der Waals surface area contributed by atoms with Gasteiger partial charge in [-0.1, -0.05) is 6.07 Å². The maximum absolute atomic E-state index is 13.8. The maximum Gasteiger partial charge on any atom is 0.255 e. The normalized spacial score (nSPS) is 10.4. The second-order valence-corrected chi connectivity index (χ2v) is 4.25. The first-order valence-corrected chi connectivity index (χ1v) is 5.94. The number of carbonyl (C=O) groups excluding carboxylic acids is 1. The van der Waals surface area contributed by atoms with Crippen molar-refractivity contribution in [3.8, 4) is 0 Å². The zero-order valence-corrected chi connectivity index (χ0v) is 10.8. The predicted molar refractivity (Wildman–Crippen MR) is 71.2 cm³/mol. The van der Waals surface area contributed by atoms with Crippen LogP contribution in [0.5, 0.6) is 0 Å². The molecule has 1 amide bonds. The number of nitrogens with two attached hydrogens (primary N) is 1. The SMILES string of the molecule is Cc1ccc(F)c(NC(=O)c2ccnc(CN)c2)c1F. The van der Waals surface area contributed by atoms with Crippen LogP contribution in [0.25, 0.3) is 0 Å². The summed E-state index contributed by atoms with van der Waals surface area (Å²) in [5.41, 5.74) is 5.97. The summed E-state index contributed by atoms with van der Waals surface area (Å²) in [5.74, 6) is -2.23. The summed E-state index contributed by atoms with van der Waals surface area (Å²) < 4.78 is 27.4. The molecule has 0 aliphatic heterocycles. The molecular weight excluding hydrogens is 264 g/mol. The topological polar surface area (TPSA) is 68.0 Å². The van der Waals surface area contributed by atoms with Crippen LogP contribution in [-0.4, -0.2) is 10.9 Å². The zero-order valence-electron chi connectivity index (χ0n) is 10.8. The van der Waals surface area contributed by atoms with E-state index in [1.54, 1.807) is 0 Å². The molecule has 4 nitrogen and oxygen atoms in total. The number of aryl methyl sites for hydroxylation is 1. The molecule has 104 valence electrons. The van der Waals surface area contributed by atoms with Crippen LogP contribution in [0, 0.1) is 18.6 Å². The molecule has 20 heavy (non-hydrogen) atoms. The lowest BCUT2D eigenvalue weighted by Crippen LogP contribution is -2.15. The minimum absolute atomic E-state index is 0.175. The molecule has 1 aromatic carbocycles. The number of anilines is 1. The van der Waals surface area contributed by atoms with Crippen molar-refractivity contribution in [1.29, 1.82) is 0 Å². The number of hydrogen-bond acceptors (Lipinski definition) is 3. The van der Waals surface area contributed by atoms with E-state index >= 15 is 0 Å². The summed E-state index contributed by atoms with van der Waals surface area (Å²) in [6.45, 7) is 1.66. The third kappa shape index (κ3) is 2.80. The Bertz CT molecular complexity index is 659. The lowest BCUT2D eigenvalue weighted by molar-refractivity contribution is 0.102. The van der Waals surface area contributed by atoms with Gasteiger partial charge in [0.25, 0.3) is 5.91 Å². The second kappa shape index (κ2) is 5.75. The summed E-state index contributed by atoms with van der Waals surface area (Å²) in [6, 6.07) is 5.33. The van der Waals surface area contributed by atoms with Crippen LogP contribution >= 0.6 is 0 Å². The van der Waals surface area contributed by atoms with E-state index in [2.05, 4.69) is 10.3 Å². The van der Waals surface area contributed by atoms with Crippen molar-refractivity contribution in [3.05, 3.63) is 58.9 Å². The van der Waals surface area contributed by atoms with Gasteiger partial charge in [0.15, 0.2) is 5.82 Å². The predicted octanol–water partition coefficient (Wildman–Crippen LogP) is 2.38. The third-order valence-corrected chi connectivity index (χ3v) is 2.81. The number of nitrogens with one attached hydrogen (secondary N) is 1. The standard InChI is InChI=1S/C14H13F2N3O/c1-8-2-3-11(15)13(12(8)16)19-14(20)9-4-5-18-10(6-9)7-17/h2-6H,7,17H2,1H3,(H,19,20). The lowest BCUT2D eigenvalue weighted by Gasteiger charge is -2.09. The van der Waals surface area contributed by atoms with Gasteiger partial charge in [0, 0.05) is 18.3 Å². The molecule has 1 heterocycles. The van der Waals surface area contributed by atoms with Gasteiger partial charge in [-0.25, -0.2) is 8.78 Å². The van der Waals surface area contributed by atoms with E-state index in [0.717, 1.165) is 6.07 Å². The largest absolute Gasteiger partial charge is 0.325 e. The zero-order chi connectivity index (χ0) is 14.7. The lowest BCUT2D eigenvalue weighted by atomic mass is 10.1. The summed E-state index contributed by atoms with van der Waals surface area (Å²) in [7, 11) is 0. The van der Waals surface area contributed by atoms with Crippen LogP contribution in [0.4, 0.5) is 14.5 Å². The number of rotatable bonds is 3. The summed E-state index contributed by atoms with van der Waals surface area (Å²) in [5, 5.41) is 2.23. The van der Waals surface area contributed by atoms with Crippen LogP contribution in [0.1, 0.15) is 21.6 Å². The smallest absolute Gasteiger partial charge is 0.255 e. The molecule has 6 heteroatoms. The third-order valence-electron chi connectivity index (χ3n) is 2.81. The number of carbonyl (C=O) groups is 1. The van der Waals surface area contributed by atoms with Crippen LogP contribution in [0.15, 0.2) is 30.5 Å². The van der Waals surface area contributed by atoms with E-state index < -0.39 is 23.2 Å². The van der Waals surface area contributed by atoms with Crippen molar-refractivity contribution in [3.63, 3.8) is 0 Å². The van der Waals surface area contributed by atoms with Crippen LogP contribution in [-0.2, 0) is 6.54 Å². The number of hydrogen-bond donors (Lipinski definition) is 2. The Kier molecular flexibility index (Phi) is 4.05. The molecule has 0 spiro atoms. The van der Waals surface area contributed by atoms with E-state index in [1.807, 2.05) is 0 Å². The second-order valence-electron chi connectivity index (χ2n) is 4.25. The molecule has 0 aliphatic rings. The number of aromatic nitrogens is 1. The Labute approximate surface area is 114 Å². The Morgan fingerprint density at radius 1 is 1.35 bits per heavy atom. The molecule has 0 saturated heterocycles. The minimum atomic E-state index is -0.824. The van der Waals surface area contributed by atoms with E-state index in [4.69, 9.17) is 5.73 Å². The molecule has 1 aromatic heterocycles. The van der Waals surface area contributed by atoms with Gasteiger partial charge in [-0.2, -0.15) is 0 Å². The fourth-order valence-corrected chi connectivity index (χ4v) is 1.69. The van der Waals surface area contributed by atoms with Crippen molar-refractivity contribution >= 4 is 11.6 Å². The van der Waals surface area contributed by atoms with Gasteiger partial charge in [-0.15, -0.1) is 0 Å². The van der Waals surface area contributed by atoms with Crippen molar-refractivity contribution in [2.75, 3.05) is 5.32 Å². The quantitative estimate of drug-likeness (QED) is 0.905. The Hall–Kier alpha value is -2.34. The Morgan fingerprint density at radius 2 is 2.10 bits per heavy atom. The first kappa shape index (κ1) is 14.1. The van der Waals surface area contributed by atoms with Crippen molar-refractivity contribution in [1.82, 2.24) is 4.98 Å². The number of pyridine rings is 1. The van der Waals surface area contributed by atoms with Gasteiger partial charge in [0.2, 0.25) is 0 Å². The Balaban J connectivity index is 2.30. The average Bonchev–Trinajstić information content (AvgIpc) is 2.47. The molecule has 0 saturated carbocycles. The number of halogens is 2. The number of benzene rings is 1. The highest BCUT2D eigenvalue weighted by molar-refractivity contribution is 6.04. The molecule has 0 bridgehead atoms. The van der Waals surface area contributed by atoms with Gasteiger partial charge in [0.1, 0.15) is 11.5 Å². The van der Waals surface area contributed by atoms with Gasteiger partial charge >= 0.3 is 0 Å². The van der Waals surface area contributed by atoms with Crippen LogP contribution < -0.4 is 11.1 Å². The molecule has 3 N–H and O–H groups in total. The van der Waals surface area contributed by atoms with Gasteiger partial charge in [-0.3, -0.25) is 9.78 Å². The first-order chi connectivity index (χ1) is 9.52. The highest BCUT2D eigenvalue weighted by Crippen LogP contribution is 2.22. The summed E-state index contributed by atoms with van der Waals surface area (Å²) in [4.78, 5) is 15.9. The highest BCUT2D eigenvalue weighted by Gasteiger charge is 2.15. The fraction of sp³-hybridized carbons (Fsp3) is 0.143. The first-order valence-electron chi connectivity index (χ1n) is 5.94. The van der Waals surface area contributed by atoms with Gasteiger partial charge in [-0.05, 0) is 30.7 Å². The van der Waals surface area contributed by atoms with Crippen molar-refractivity contribution in [2.45, 2.75) is 13.5 Å². The number of nitrogens with zero attached hydrogens (tertiary/aromatic N) is 1. The monoisotopic (exact) mass is 277 g/mol. The van der Waals surface area contributed by atoms with E-state index in [9.17, 15) is 13.6 Å². The average molecular weight is 277 g/mol. The molecule has 0 fully saturated rings. The molecule has 0 aliphatic carbocycles. The molecule has 2 aromatic rings. The van der Waals surface area contributed by atoms with Gasteiger partial charge in [0.05, 0.1) is 5.69 Å². The van der Waals surface area contributed by atoms with Crippen molar-refractivity contribution in [2.24, 2.45) is 5.73 Å². The molecule has 2 rings (SSSR count). The molecule has 0 radical (unpaired) electrons. The molecule has 0 atom stereocenters. The minimum Gasteiger partial charge on any atom is -0.325 e. The fourth-order valence-electron chi connectivity index (χ4n) is 1.69. The maximum atomic E-state index is 13.8. The number of amides is 1. The van der Waals surface area contributed by atoms with Crippen molar-refractivity contribution < 1.29 is 13.6 Å². The van der Waals surface area contributed by atoms with Crippen LogP contribution in [0.2, 0.25) is 0 Å². The molecule has 0 unspecified atom stereocenters. The summed E-state index contributed by atoms with van der Waals surface area (Å²) >= 11 is 0. The Morgan fingerprint density at radius 3 is 2.80 bits per heavy atom. The summed E-state index contributed by atoms with van der Waals surface area (Å²) in [6.07, 6.45) is 1.42. The van der Waals surface area contributed by atoms with E-state index in [0.29, 0.717) is 5.69 Å². The van der Waals surface area contributed by atoms with E-state index in [1.165, 1.54) is 31.3 Å². The molecular formula is C14H13F2N3O. The van der Waals surface area contributed by atoms with Crippen LogP contribution in [0.3, 0.4) is 0 Å². The van der Waals surface area contributed by atoms with E-state index in [-0.39, 0.29) is 17.7 Å².